The van der Waals surface area contributed by atoms with Crippen LogP contribution in [0.1, 0.15) is 31.4 Å². The summed E-state index contributed by atoms with van der Waals surface area (Å²) in [7, 11) is 0. The molecule has 2 aromatic rings. The lowest BCUT2D eigenvalue weighted by Gasteiger charge is -2.24. The highest BCUT2D eigenvalue weighted by Gasteiger charge is 2.24. The fourth-order valence-electron chi connectivity index (χ4n) is 3.02. The van der Waals surface area contributed by atoms with Crippen LogP contribution in [0, 0.1) is 5.92 Å². The van der Waals surface area contributed by atoms with Gasteiger partial charge in [0.05, 0.1) is 0 Å². The number of rotatable bonds is 10. The molecule has 0 aromatic heterocycles. The molecule has 0 aliphatic heterocycles. The molecule has 2 aromatic carbocycles. The van der Waals surface area contributed by atoms with Crippen LogP contribution in [0.4, 0.5) is 4.79 Å². The molecule has 0 saturated heterocycles. The molecule has 0 saturated carbocycles. The number of hydrogen-bond acceptors (Lipinski definition) is 4. The molecule has 30 heavy (non-hydrogen) atoms. The second kappa shape index (κ2) is 11.6. The van der Waals surface area contributed by atoms with E-state index in [0.717, 1.165) is 11.1 Å². The Kier molecular flexibility index (Phi) is 8.87. The van der Waals surface area contributed by atoms with Gasteiger partial charge in [-0.2, -0.15) is 0 Å². The second-order valence-electron chi connectivity index (χ2n) is 7.52. The fourth-order valence-corrected chi connectivity index (χ4v) is 3.02. The maximum Gasteiger partial charge on any atom is 0.329 e. The van der Waals surface area contributed by atoms with E-state index in [1.54, 1.807) is 4.90 Å². The standard InChI is InChI=1S/C23H29N3O4/c1-17(2)13-20(25-23(24)29)22(28)30-16-21(27)26(14-18-9-5-3-6-10-18)15-19-11-7-4-8-12-19/h3-12,17,20H,13-16H2,1-2H3,(H3,24,25,29)/t20-/m1/s1. The first-order valence-corrected chi connectivity index (χ1v) is 9.93. The maximum atomic E-state index is 12.9. The number of benzene rings is 2. The Labute approximate surface area is 177 Å². The number of carbonyl (C=O) groups is 3. The molecule has 3 amide bonds. The summed E-state index contributed by atoms with van der Waals surface area (Å²) in [6.45, 7) is 4.20. The van der Waals surface area contributed by atoms with E-state index in [1.807, 2.05) is 74.5 Å². The number of hydrogen-bond donors (Lipinski definition) is 2. The predicted molar refractivity (Wildman–Crippen MR) is 114 cm³/mol. The highest BCUT2D eigenvalue weighted by atomic mass is 16.5. The highest BCUT2D eigenvalue weighted by Crippen LogP contribution is 2.12. The molecule has 0 aliphatic carbocycles. The average Bonchev–Trinajstić information content (AvgIpc) is 2.71. The molecule has 3 N–H and O–H groups in total. The van der Waals surface area contributed by atoms with E-state index in [-0.39, 0.29) is 11.8 Å². The topological polar surface area (TPSA) is 102 Å². The number of nitrogens with zero attached hydrogens (tertiary/aromatic N) is 1. The lowest BCUT2D eigenvalue weighted by molar-refractivity contribution is -0.154. The van der Waals surface area contributed by atoms with Gasteiger partial charge in [-0.1, -0.05) is 74.5 Å². The van der Waals surface area contributed by atoms with Gasteiger partial charge >= 0.3 is 12.0 Å². The first kappa shape index (κ1) is 22.9. The Morgan fingerprint density at radius 2 is 1.43 bits per heavy atom. The van der Waals surface area contributed by atoms with Crippen molar-refractivity contribution in [1.82, 2.24) is 10.2 Å². The third kappa shape index (κ3) is 7.95. The van der Waals surface area contributed by atoms with Crippen molar-refractivity contribution >= 4 is 17.9 Å². The third-order valence-corrected chi connectivity index (χ3v) is 4.43. The number of nitrogens with one attached hydrogen (secondary N) is 1. The molecule has 7 heteroatoms. The maximum absolute atomic E-state index is 12.9. The minimum absolute atomic E-state index is 0.137. The van der Waals surface area contributed by atoms with Crippen LogP contribution in [0.5, 0.6) is 0 Å². The van der Waals surface area contributed by atoms with Crippen LogP contribution >= 0.6 is 0 Å². The minimum atomic E-state index is -0.882. The number of amides is 3. The van der Waals surface area contributed by atoms with Crippen molar-refractivity contribution in [1.29, 1.82) is 0 Å². The molecule has 0 unspecified atom stereocenters. The second-order valence-corrected chi connectivity index (χ2v) is 7.52. The van der Waals surface area contributed by atoms with Gasteiger partial charge in [-0.05, 0) is 23.5 Å². The van der Waals surface area contributed by atoms with E-state index in [4.69, 9.17) is 10.5 Å². The van der Waals surface area contributed by atoms with Gasteiger partial charge in [-0.15, -0.1) is 0 Å². The summed E-state index contributed by atoms with van der Waals surface area (Å²) in [6, 6.07) is 17.5. The van der Waals surface area contributed by atoms with Gasteiger partial charge in [-0.25, -0.2) is 9.59 Å². The summed E-state index contributed by atoms with van der Waals surface area (Å²) in [5, 5.41) is 2.38. The van der Waals surface area contributed by atoms with Gasteiger partial charge in [0.15, 0.2) is 6.61 Å². The Morgan fingerprint density at radius 1 is 0.933 bits per heavy atom. The Bertz CT molecular complexity index is 783. The zero-order valence-electron chi connectivity index (χ0n) is 17.4. The van der Waals surface area contributed by atoms with Crippen molar-refractivity contribution in [3.8, 4) is 0 Å². The van der Waals surface area contributed by atoms with Gasteiger partial charge in [0.25, 0.3) is 5.91 Å². The molecule has 0 radical (unpaired) electrons. The molecule has 0 heterocycles. The molecule has 7 nitrogen and oxygen atoms in total. The van der Waals surface area contributed by atoms with Gasteiger partial charge in [0.2, 0.25) is 0 Å². The quantitative estimate of drug-likeness (QED) is 0.587. The average molecular weight is 412 g/mol. The van der Waals surface area contributed by atoms with E-state index in [9.17, 15) is 14.4 Å². The van der Waals surface area contributed by atoms with Crippen LogP contribution in [0.15, 0.2) is 60.7 Å². The summed E-state index contributed by atoms with van der Waals surface area (Å²) in [6.07, 6.45) is 0.369. The smallest absolute Gasteiger partial charge is 0.329 e. The molecule has 0 bridgehead atoms. The van der Waals surface area contributed by atoms with Crippen LogP contribution in [-0.4, -0.2) is 35.5 Å². The Balaban J connectivity index is 2.05. The number of ether oxygens (including phenoxy) is 1. The molecular formula is C23H29N3O4. The van der Waals surface area contributed by atoms with Crippen molar-refractivity contribution in [3.63, 3.8) is 0 Å². The van der Waals surface area contributed by atoms with E-state index < -0.39 is 24.6 Å². The van der Waals surface area contributed by atoms with Gasteiger partial charge in [0.1, 0.15) is 6.04 Å². The van der Waals surface area contributed by atoms with Crippen molar-refractivity contribution in [2.45, 2.75) is 39.4 Å². The van der Waals surface area contributed by atoms with Crippen molar-refractivity contribution in [3.05, 3.63) is 71.8 Å². The summed E-state index contributed by atoms with van der Waals surface area (Å²) in [5.74, 6) is -0.855. The number of nitrogens with two attached hydrogens (primary N) is 1. The largest absolute Gasteiger partial charge is 0.454 e. The van der Waals surface area contributed by atoms with Crippen LogP contribution in [0.3, 0.4) is 0 Å². The van der Waals surface area contributed by atoms with Gasteiger partial charge in [-0.3, -0.25) is 4.79 Å². The van der Waals surface area contributed by atoms with Crippen molar-refractivity contribution in [2.24, 2.45) is 11.7 Å². The first-order valence-electron chi connectivity index (χ1n) is 9.93. The number of primary amides is 1. The summed E-state index contributed by atoms with van der Waals surface area (Å²) in [5.41, 5.74) is 7.10. The highest BCUT2D eigenvalue weighted by molar-refractivity contribution is 5.85. The third-order valence-electron chi connectivity index (χ3n) is 4.43. The zero-order valence-corrected chi connectivity index (χ0v) is 17.4. The minimum Gasteiger partial charge on any atom is -0.454 e. The van der Waals surface area contributed by atoms with E-state index in [1.165, 1.54) is 0 Å². The number of carbonyl (C=O) groups excluding carboxylic acids is 3. The zero-order chi connectivity index (χ0) is 21.9. The van der Waals surface area contributed by atoms with Crippen LogP contribution in [-0.2, 0) is 27.4 Å². The van der Waals surface area contributed by atoms with Crippen LogP contribution in [0.25, 0.3) is 0 Å². The number of urea groups is 1. The molecular weight excluding hydrogens is 382 g/mol. The summed E-state index contributed by atoms with van der Waals surface area (Å²) < 4.78 is 5.22. The SMILES string of the molecule is CC(C)C[C@@H](NC(N)=O)C(=O)OCC(=O)N(Cc1ccccc1)Cc1ccccc1. The Hall–Kier alpha value is -3.35. The molecule has 2 rings (SSSR count). The molecule has 160 valence electrons. The van der Waals surface area contributed by atoms with Crippen molar-refractivity contribution < 1.29 is 19.1 Å². The lowest BCUT2D eigenvalue weighted by atomic mass is 10.0. The monoisotopic (exact) mass is 411 g/mol. The normalized spacial score (nSPS) is 11.6. The van der Waals surface area contributed by atoms with Crippen LogP contribution in [0.2, 0.25) is 0 Å². The fraction of sp³-hybridized carbons (Fsp3) is 0.348. The van der Waals surface area contributed by atoms with E-state index in [0.29, 0.717) is 19.5 Å². The Morgan fingerprint density at radius 3 is 1.87 bits per heavy atom. The van der Waals surface area contributed by atoms with Crippen LogP contribution < -0.4 is 11.1 Å². The summed E-state index contributed by atoms with van der Waals surface area (Å²) >= 11 is 0. The summed E-state index contributed by atoms with van der Waals surface area (Å²) in [4.78, 5) is 38.1. The van der Waals surface area contributed by atoms with E-state index >= 15 is 0 Å². The molecule has 0 fully saturated rings. The van der Waals surface area contributed by atoms with Gasteiger partial charge in [0, 0.05) is 13.1 Å². The van der Waals surface area contributed by atoms with E-state index in [2.05, 4.69) is 5.32 Å². The predicted octanol–water partition coefficient (Wildman–Crippen LogP) is 2.84. The van der Waals surface area contributed by atoms with Crippen molar-refractivity contribution in [2.75, 3.05) is 6.61 Å². The molecule has 1 atom stereocenters. The van der Waals surface area contributed by atoms with Gasteiger partial charge < -0.3 is 20.7 Å². The molecule has 0 aliphatic rings. The lowest BCUT2D eigenvalue weighted by Crippen LogP contribution is -2.46. The number of esters is 1. The molecule has 0 spiro atoms. The first-order chi connectivity index (χ1) is 14.3.